The summed E-state index contributed by atoms with van der Waals surface area (Å²) in [5.74, 6) is 0.291. The van der Waals surface area contributed by atoms with Crippen molar-refractivity contribution in [3.63, 3.8) is 0 Å². The van der Waals surface area contributed by atoms with Gasteiger partial charge in [-0.1, -0.05) is 63.9 Å². The average Bonchev–Trinajstić information content (AvgIpc) is 2.36. The van der Waals surface area contributed by atoms with E-state index in [1.807, 2.05) is 0 Å². The fraction of sp³-hybridized carbons (Fsp3) is 0.824. The molecule has 1 rings (SSSR count). The fourth-order valence-corrected chi connectivity index (χ4v) is 2.75. The topological polar surface area (TPSA) is 17.1 Å². The zero-order valence-corrected chi connectivity index (χ0v) is 12.2. The molecular formula is C17H30O. The van der Waals surface area contributed by atoms with Crippen LogP contribution in [0.25, 0.3) is 0 Å². The number of carbonyl (C=O) groups excluding carboxylic acids is 1. The smallest absolute Gasteiger partial charge is 0.155 e. The predicted octanol–water partition coefficient (Wildman–Crippen LogP) is 5.59. The Morgan fingerprint density at radius 1 is 0.778 bits per heavy atom. The van der Waals surface area contributed by atoms with Crippen molar-refractivity contribution in [3.05, 3.63) is 11.6 Å². The molecule has 1 nitrogen and oxygen atoms in total. The molecule has 0 saturated carbocycles. The Kier molecular flexibility index (Phi) is 8.89. The van der Waals surface area contributed by atoms with Gasteiger partial charge in [-0.3, -0.25) is 4.79 Å². The highest BCUT2D eigenvalue weighted by molar-refractivity contribution is 5.93. The molecule has 0 spiro atoms. The van der Waals surface area contributed by atoms with Crippen molar-refractivity contribution in [2.24, 2.45) is 0 Å². The molecule has 0 N–H and O–H groups in total. The van der Waals surface area contributed by atoms with Crippen LogP contribution in [-0.2, 0) is 4.79 Å². The number of rotatable bonds is 1. The SMILES string of the molecule is CC(=O)/C1=C/CCCCCCCCCCCCC1. The van der Waals surface area contributed by atoms with E-state index < -0.39 is 0 Å². The lowest BCUT2D eigenvalue weighted by Crippen LogP contribution is -1.97. The maximum absolute atomic E-state index is 11.5. The summed E-state index contributed by atoms with van der Waals surface area (Å²) in [7, 11) is 0. The van der Waals surface area contributed by atoms with E-state index in [2.05, 4.69) is 6.08 Å². The Balaban J connectivity index is 2.36. The first kappa shape index (κ1) is 15.5. The van der Waals surface area contributed by atoms with Crippen LogP contribution >= 0.6 is 0 Å². The van der Waals surface area contributed by atoms with Crippen molar-refractivity contribution in [1.82, 2.24) is 0 Å². The lowest BCUT2D eigenvalue weighted by atomic mass is 10.0. The summed E-state index contributed by atoms with van der Waals surface area (Å²) in [5, 5.41) is 0. The fourth-order valence-electron chi connectivity index (χ4n) is 2.75. The molecule has 0 heterocycles. The van der Waals surface area contributed by atoms with Gasteiger partial charge in [0.1, 0.15) is 0 Å². The molecule has 0 saturated heterocycles. The quantitative estimate of drug-likeness (QED) is 0.593. The summed E-state index contributed by atoms with van der Waals surface area (Å²) < 4.78 is 0. The Hall–Kier alpha value is -0.590. The van der Waals surface area contributed by atoms with Crippen molar-refractivity contribution in [2.45, 2.75) is 90.4 Å². The van der Waals surface area contributed by atoms with Gasteiger partial charge in [0.15, 0.2) is 5.78 Å². The molecule has 0 aromatic rings. The lowest BCUT2D eigenvalue weighted by Gasteiger charge is -2.04. The third-order valence-electron chi connectivity index (χ3n) is 3.99. The normalized spacial score (nSPS) is 24.4. The number of hydrogen-bond donors (Lipinski definition) is 0. The van der Waals surface area contributed by atoms with E-state index >= 15 is 0 Å². The van der Waals surface area contributed by atoms with E-state index in [1.165, 1.54) is 70.6 Å². The van der Waals surface area contributed by atoms with Crippen LogP contribution in [0.3, 0.4) is 0 Å². The Morgan fingerprint density at radius 2 is 1.22 bits per heavy atom. The van der Waals surface area contributed by atoms with Gasteiger partial charge in [0.05, 0.1) is 0 Å². The zero-order valence-electron chi connectivity index (χ0n) is 12.2. The second kappa shape index (κ2) is 10.3. The molecule has 0 bridgehead atoms. The van der Waals surface area contributed by atoms with Crippen LogP contribution in [-0.4, -0.2) is 5.78 Å². The van der Waals surface area contributed by atoms with Gasteiger partial charge in [-0.15, -0.1) is 0 Å². The van der Waals surface area contributed by atoms with Crippen LogP contribution in [0.4, 0.5) is 0 Å². The average molecular weight is 250 g/mol. The Bertz CT molecular complexity index is 252. The minimum Gasteiger partial charge on any atom is -0.295 e. The Morgan fingerprint density at radius 3 is 1.72 bits per heavy atom. The number of Topliss-reactive ketones (excluding diaryl/α,β-unsaturated/α-hetero) is 1. The molecule has 0 radical (unpaired) electrons. The predicted molar refractivity (Wildman–Crippen MR) is 78.8 cm³/mol. The summed E-state index contributed by atoms with van der Waals surface area (Å²) >= 11 is 0. The third-order valence-corrected chi connectivity index (χ3v) is 3.99. The van der Waals surface area contributed by atoms with E-state index in [-0.39, 0.29) is 0 Å². The molecule has 1 aliphatic rings. The summed E-state index contributed by atoms with van der Waals surface area (Å²) in [6.07, 6.45) is 19.2. The number of hydrogen-bond acceptors (Lipinski definition) is 1. The first-order valence-corrected chi connectivity index (χ1v) is 8.00. The lowest BCUT2D eigenvalue weighted by molar-refractivity contribution is -0.113. The second-order valence-electron chi connectivity index (χ2n) is 5.71. The molecule has 18 heavy (non-hydrogen) atoms. The third kappa shape index (κ3) is 7.68. The minimum atomic E-state index is 0.291. The highest BCUT2D eigenvalue weighted by Gasteiger charge is 2.03. The zero-order chi connectivity index (χ0) is 13.1. The van der Waals surface area contributed by atoms with E-state index in [4.69, 9.17) is 0 Å². The van der Waals surface area contributed by atoms with Gasteiger partial charge >= 0.3 is 0 Å². The second-order valence-corrected chi connectivity index (χ2v) is 5.71. The van der Waals surface area contributed by atoms with Crippen molar-refractivity contribution < 1.29 is 4.79 Å². The first-order chi connectivity index (χ1) is 8.80. The summed E-state index contributed by atoms with van der Waals surface area (Å²) in [6.45, 7) is 1.72. The molecule has 0 unspecified atom stereocenters. The van der Waals surface area contributed by atoms with Gasteiger partial charge in [0, 0.05) is 0 Å². The van der Waals surface area contributed by atoms with Crippen LogP contribution in [0.5, 0.6) is 0 Å². The van der Waals surface area contributed by atoms with Crippen LogP contribution < -0.4 is 0 Å². The van der Waals surface area contributed by atoms with Gasteiger partial charge in [-0.05, 0) is 38.2 Å². The molecule has 1 aliphatic carbocycles. The van der Waals surface area contributed by atoms with Crippen molar-refractivity contribution >= 4 is 5.78 Å². The van der Waals surface area contributed by atoms with Crippen LogP contribution in [0.2, 0.25) is 0 Å². The standard InChI is InChI=1S/C17H30O/c1-16(18)17-14-12-10-8-6-4-2-3-5-7-9-11-13-15-17/h14H,2-13,15H2,1H3/b17-14+. The molecule has 0 aromatic carbocycles. The van der Waals surface area contributed by atoms with E-state index in [0.717, 1.165) is 18.4 Å². The van der Waals surface area contributed by atoms with E-state index in [9.17, 15) is 4.79 Å². The van der Waals surface area contributed by atoms with Crippen molar-refractivity contribution in [1.29, 1.82) is 0 Å². The minimum absolute atomic E-state index is 0.291. The molecule has 0 aliphatic heterocycles. The Labute approximate surface area is 113 Å². The number of carbonyl (C=O) groups is 1. The van der Waals surface area contributed by atoms with Gasteiger partial charge in [0.2, 0.25) is 0 Å². The van der Waals surface area contributed by atoms with Crippen LogP contribution in [0, 0.1) is 0 Å². The van der Waals surface area contributed by atoms with Crippen molar-refractivity contribution in [2.75, 3.05) is 0 Å². The molecule has 0 fully saturated rings. The van der Waals surface area contributed by atoms with Crippen molar-refractivity contribution in [3.8, 4) is 0 Å². The molecule has 1 heteroatoms. The number of allylic oxidation sites excluding steroid dienone is 2. The van der Waals surface area contributed by atoms with Crippen LogP contribution in [0.1, 0.15) is 90.4 Å². The highest BCUT2D eigenvalue weighted by Crippen LogP contribution is 2.17. The summed E-state index contributed by atoms with van der Waals surface area (Å²) in [6, 6.07) is 0. The molecular weight excluding hydrogens is 220 g/mol. The van der Waals surface area contributed by atoms with E-state index in [1.54, 1.807) is 6.92 Å². The maximum Gasteiger partial charge on any atom is 0.155 e. The summed E-state index contributed by atoms with van der Waals surface area (Å²) in [4.78, 5) is 11.5. The van der Waals surface area contributed by atoms with Gasteiger partial charge in [0.25, 0.3) is 0 Å². The molecule has 104 valence electrons. The van der Waals surface area contributed by atoms with Gasteiger partial charge < -0.3 is 0 Å². The monoisotopic (exact) mass is 250 g/mol. The van der Waals surface area contributed by atoms with Crippen LogP contribution in [0.15, 0.2) is 11.6 Å². The molecule has 0 amide bonds. The highest BCUT2D eigenvalue weighted by atomic mass is 16.1. The number of ketones is 1. The molecule has 0 atom stereocenters. The van der Waals surface area contributed by atoms with Gasteiger partial charge in [-0.2, -0.15) is 0 Å². The largest absolute Gasteiger partial charge is 0.295 e. The molecule has 0 aromatic heterocycles. The van der Waals surface area contributed by atoms with E-state index in [0.29, 0.717) is 5.78 Å². The summed E-state index contributed by atoms with van der Waals surface area (Å²) in [5.41, 5.74) is 1.09. The first-order valence-electron chi connectivity index (χ1n) is 8.00. The van der Waals surface area contributed by atoms with Gasteiger partial charge in [-0.25, -0.2) is 0 Å². The maximum atomic E-state index is 11.5.